The van der Waals surface area contributed by atoms with Gasteiger partial charge in [0.1, 0.15) is 35.8 Å². The van der Waals surface area contributed by atoms with E-state index in [1.807, 2.05) is 51.9 Å². The molecule has 2 aliphatic heterocycles. The van der Waals surface area contributed by atoms with Crippen molar-refractivity contribution in [1.29, 1.82) is 0 Å². The van der Waals surface area contributed by atoms with Gasteiger partial charge in [0.15, 0.2) is 17.2 Å². The minimum Gasteiger partial charge on any atom is -0.387 e. The number of aliphatic imine (C=N–C) groups is 1. The molecule has 144 valence electrons. The molecule has 9 heteroatoms. The third-order valence-electron chi connectivity index (χ3n) is 5.68. The zero-order valence-corrected chi connectivity index (χ0v) is 15.9. The van der Waals surface area contributed by atoms with Gasteiger partial charge < -0.3 is 24.2 Å². The highest BCUT2D eigenvalue weighted by atomic mass is 16.8. The topological polar surface area (TPSA) is 93.7 Å². The minimum atomic E-state index is -0.843. The molecule has 1 aliphatic carbocycles. The van der Waals surface area contributed by atoms with Crippen LogP contribution in [0.5, 0.6) is 0 Å². The Hall–Kier alpha value is -2.07. The molecule has 9 nitrogen and oxygen atoms in total. The zero-order valence-electron chi connectivity index (χ0n) is 15.9. The molecule has 2 aromatic rings. The van der Waals surface area contributed by atoms with Crippen LogP contribution < -0.4 is 0 Å². The molecule has 2 saturated heterocycles. The lowest BCUT2D eigenvalue weighted by atomic mass is 10.0. The number of rotatable bonds is 3. The second kappa shape index (κ2) is 5.05. The van der Waals surface area contributed by atoms with E-state index in [1.165, 1.54) is 6.33 Å². The molecular weight excluding hydrogens is 350 g/mol. The minimum absolute atomic E-state index is 0.414. The van der Waals surface area contributed by atoms with E-state index < -0.39 is 35.3 Å². The molecule has 3 fully saturated rings. The number of ether oxygens (including phenoxy) is 3. The Bertz CT molecular complexity index is 956. The smallest absolute Gasteiger partial charge is 0.181 e. The fourth-order valence-electron chi connectivity index (χ4n) is 4.45. The average Bonchev–Trinajstić information content (AvgIpc) is 3.03. The Labute approximate surface area is 156 Å². The summed E-state index contributed by atoms with van der Waals surface area (Å²) in [4.78, 5) is 10.5. The van der Waals surface area contributed by atoms with Crippen LogP contribution in [0.15, 0.2) is 23.5 Å². The van der Waals surface area contributed by atoms with E-state index in [0.29, 0.717) is 5.82 Å². The van der Waals surface area contributed by atoms with Gasteiger partial charge in [0.05, 0.1) is 12.0 Å². The summed E-state index contributed by atoms with van der Waals surface area (Å²) in [6.07, 6.45) is 1.61. The van der Waals surface area contributed by atoms with Gasteiger partial charge in [-0.05, 0) is 32.9 Å². The number of aliphatic hydroxyl groups excluding tert-OH is 1. The van der Waals surface area contributed by atoms with Gasteiger partial charge in [-0.1, -0.05) is 0 Å². The Morgan fingerprint density at radius 3 is 2.78 bits per heavy atom. The maximum absolute atomic E-state index is 10.5. The van der Waals surface area contributed by atoms with E-state index in [4.69, 9.17) is 14.2 Å². The van der Waals surface area contributed by atoms with Crippen molar-refractivity contribution in [1.82, 2.24) is 19.5 Å². The molecule has 5 atom stereocenters. The summed E-state index contributed by atoms with van der Waals surface area (Å²) >= 11 is 0. The van der Waals surface area contributed by atoms with E-state index in [2.05, 4.69) is 15.1 Å². The largest absolute Gasteiger partial charge is 0.387 e. The van der Waals surface area contributed by atoms with Crippen molar-refractivity contribution < 1.29 is 19.3 Å². The molecule has 27 heavy (non-hydrogen) atoms. The second-order valence-corrected chi connectivity index (χ2v) is 8.23. The summed E-state index contributed by atoms with van der Waals surface area (Å²) in [6, 6.07) is 3.85. The molecule has 1 N–H and O–H groups in total. The van der Waals surface area contributed by atoms with E-state index >= 15 is 0 Å². The van der Waals surface area contributed by atoms with Gasteiger partial charge in [0.25, 0.3) is 0 Å². The van der Waals surface area contributed by atoms with E-state index in [0.717, 1.165) is 11.2 Å². The van der Waals surface area contributed by atoms with Gasteiger partial charge >= 0.3 is 0 Å². The third kappa shape index (κ3) is 2.05. The molecule has 3 aliphatic rings. The number of hydrogen-bond donors (Lipinski definition) is 1. The Balaban J connectivity index is 1.57. The summed E-state index contributed by atoms with van der Waals surface area (Å²) in [5.74, 6) is -0.216. The fourth-order valence-corrected chi connectivity index (χ4v) is 4.45. The molecule has 0 aromatic carbocycles. The standard InChI is InChI=1S/C18H23N5O4/c1-16(2)26-13-12(25-17(3)15(24)18(13,17)27-16)10-6-7-11-14(20-9-22(4)5)19-8-21-23(10)11/h6-9,12-13,15,24H,1-5H3/b20-9-/t12-,13-,15?,17+,18+/m0/s1. The first-order chi connectivity index (χ1) is 12.7. The molecule has 4 heterocycles. The molecule has 5 rings (SSSR count). The third-order valence-corrected chi connectivity index (χ3v) is 5.68. The van der Waals surface area contributed by atoms with Crippen LogP contribution in [0.1, 0.15) is 32.6 Å². The summed E-state index contributed by atoms with van der Waals surface area (Å²) in [5, 5.41) is 14.9. The predicted molar refractivity (Wildman–Crippen MR) is 95.8 cm³/mol. The fraction of sp³-hybridized carbons (Fsp3) is 0.611. The molecule has 1 saturated carbocycles. The van der Waals surface area contributed by atoms with Crippen LogP contribution in [0, 0.1) is 0 Å². The van der Waals surface area contributed by atoms with Crippen molar-refractivity contribution in [3.63, 3.8) is 0 Å². The Kier molecular flexibility index (Phi) is 3.19. The van der Waals surface area contributed by atoms with Crippen LogP contribution >= 0.6 is 0 Å². The molecule has 2 aromatic heterocycles. The first-order valence-electron chi connectivity index (χ1n) is 8.97. The lowest BCUT2D eigenvalue weighted by molar-refractivity contribution is -0.186. The highest BCUT2D eigenvalue weighted by molar-refractivity contribution is 5.71. The SMILES string of the molecule is CN(C)/C=N\c1ncnn2c([C@@H]3O[C@]4(C)C(O)[C@@]45OC(C)(C)O[C@@H]35)ccc12. The number of fused-ring (bicyclic) bond motifs is 1. The van der Waals surface area contributed by atoms with Crippen LogP contribution in [0.2, 0.25) is 0 Å². The van der Waals surface area contributed by atoms with Gasteiger partial charge in [-0.15, -0.1) is 0 Å². The monoisotopic (exact) mass is 373 g/mol. The summed E-state index contributed by atoms with van der Waals surface area (Å²) in [5.41, 5.74) is -0.0450. The molecule has 1 spiro atoms. The van der Waals surface area contributed by atoms with Crippen molar-refractivity contribution in [3.05, 3.63) is 24.2 Å². The quantitative estimate of drug-likeness (QED) is 0.635. The van der Waals surface area contributed by atoms with E-state index in [9.17, 15) is 5.11 Å². The van der Waals surface area contributed by atoms with Crippen molar-refractivity contribution in [2.75, 3.05) is 14.1 Å². The van der Waals surface area contributed by atoms with Gasteiger partial charge in [-0.2, -0.15) is 5.10 Å². The summed E-state index contributed by atoms with van der Waals surface area (Å²) in [6.45, 7) is 5.58. The molecule has 0 bridgehead atoms. The van der Waals surface area contributed by atoms with E-state index in [-0.39, 0.29) is 0 Å². The first-order valence-corrected chi connectivity index (χ1v) is 8.97. The maximum atomic E-state index is 10.5. The lowest BCUT2D eigenvalue weighted by Gasteiger charge is -2.24. The molecule has 1 unspecified atom stereocenters. The second-order valence-electron chi connectivity index (χ2n) is 8.23. The van der Waals surface area contributed by atoms with Crippen molar-refractivity contribution in [3.8, 4) is 0 Å². The van der Waals surface area contributed by atoms with Gasteiger partial charge in [0, 0.05) is 14.1 Å². The molecule has 0 radical (unpaired) electrons. The van der Waals surface area contributed by atoms with E-state index in [1.54, 1.807) is 10.9 Å². The number of nitrogens with zero attached hydrogens (tertiary/aromatic N) is 5. The normalized spacial score (nSPS) is 39.1. The van der Waals surface area contributed by atoms with Gasteiger partial charge in [0.2, 0.25) is 0 Å². The first kappa shape index (κ1) is 17.1. The van der Waals surface area contributed by atoms with Crippen molar-refractivity contribution in [2.24, 2.45) is 4.99 Å². The van der Waals surface area contributed by atoms with Crippen LogP contribution in [0.3, 0.4) is 0 Å². The molecular formula is C18H23N5O4. The van der Waals surface area contributed by atoms with Crippen LogP contribution in [-0.2, 0) is 14.2 Å². The highest BCUT2D eigenvalue weighted by Crippen LogP contribution is 2.70. The van der Waals surface area contributed by atoms with Crippen LogP contribution in [0.25, 0.3) is 5.52 Å². The summed E-state index contributed by atoms with van der Waals surface area (Å²) < 4.78 is 20.3. The predicted octanol–water partition coefficient (Wildman–Crippen LogP) is 1.05. The van der Waals surface area contributed by atoms with Crippen LogP contribution in [0.4, 0.5) is 5.82 Å². The van der Waals surface area contributed by atoms with Crippen LogP contribution in [-0.4, -0.2) is 74.2 Å². The van der Waals surface area contributed by atoms with Gasteiger partial charge in [-0.25, -0.2) is 14.5 Å². The van der Waals surface area contributed by atoms with Crippen molar-refractivity contribution in [2.45, 2.75) is 56.1 Å². The number of hydrogen-bond acceptors (Lipinski definition) is 7. The molecule has 0 amide bonds. The summed E-state index contributed by atoms with van der Waals surface area (Å²) in [7, 11) is 3.80. The highest BCUT2D eigenvalue weighted by Gasteiger charge is 2.90. The Morgan fingerprint density at radius 2 is 2.04 bits per heavy atom. The zero-order chi connectivity index (χ0) is 19.2. The maximum Gasteiger partial charge on any atom is 0.181 e. The van der Waals surface area contributed by atoms with Gasteiger partial charge in [-0.3, -0.25) is 0 Å². The lowest BCUT2D eigenvalue weighted by Crippen LogP contribution is -2.32. The van der Waals surface area contributed by atoms with Crippen molar-refractivity contribution >= 4 is 17.7 Å². The average molecular weight is 373 g/mol. The number of aromatic nitrogens is 3. The number of aliphatic hydroxyl groups is 1. The Morgan fingerprint density at radius 1 is 1.26 bits per heavy atom.